The molecule has 2 aliphatic heterocycles. The Morgan fingerprint density at radius 2 is 0.857 bits per heavy atom. The highest BCUT2D eigenvalue weighted by Crippen LogP contribution is 2.47. The van der Waals surface area contributed by atoms with E-state index in [4.69, 9.17) is 8.83 Å². The monoisotopic (exact) mass is 704 g/mol. The average Bonchev–Trinajstić information content (AvgIpc) is 3.73. The minimum Gasteiger partial charge on any atom is -0.448 e. The Morgan fingerprint density at radius 1 is 0.524 bits per heavy atom. The number of nitrogens with zero attached hydrogens (tertiary/aromatic N) is 2. The van der Waals surface area contributed by atoms with Crippen LogP contribution in [0, 0.1) is 0 Å². The van der Waals surface area contributed by atoms with Crippen LogP contribution in [0.2, 0.25) is 0 Å². The smallest absolute Gasteiger partial charge is 0.261 e. The second-order valence-electron chi connectivity index (χ2n) is 11.5. The molecular weight excluding hydrogens is 660 g/mol. The van der Waals surface area contributed by atoms with Crippen molar-refractivity contribution >= 4 is 55.1 Å². The molecule has 0 aliphatic carbocycles. The van der Waals surface area contributed by atoms with Gasteiger partial charge in [-0.25, -0.2) is 0 Å². The molecule has 0 bridgehead atoms. The minimum atomic E-state index is -0.148. The third kappa shape index (κ3) is 8.10. The first-order valence-electron chi connectivity index (χ1n) is 16.1. The van der Waals surface area contributed by atoms with E-state index in [9.17, 15) is 9.59 Å². The van der Waals surface area contributed by atoms with Crippen molar-refractivity contribution < 1.29 is 18.4 Å². The van der Waals surface area contributed by atoms with Gasteiger partial charge >= 0.3 is 0 Å². The van der Waals surface area contributed by atoms with Gasteiger partial charge in [-0.05, 0) is 69.0 Å². The van der Waals surface area contributed by atoms with Gasteiger partial charge in [-0.15, -0.1) is 0 Å². The summed E-state index contributed by atoms with van der Waals surface area (Å²) in [5.74, 6) is 0.763. The van der Waals surface area contributed by atoms with Gasteiger partial charge in [-0.2, -0.15) is 0 Å². The predicted molar refractivity (Wildman–Crippen MR) is 175 cm³/mol. The number of hydrogen-bond acceptors (Lipinski definition) is 4. The maximum atomic E-state index is 14.1. The van der Waals surface area contributed by atoms with Gasteiger partial charge in [0.05, 0.1) is 11.1 Å². The summed E-state index contributed by atoms with van der Waals surface area (Å²) in [6, 6.07) is 7.29. The fraction of sp³-hybridized carbons (Fsp3) is 0.588. The van der Waals surface area contributed by atoms with E-state index in [2.05, 4.69) is 45.7 Å². The van der Waals surface area contributed by atoms with Crippen molar-refractivity contribution in [3.8, 4) is 0 Å². The standard InChI is InChI=1S/C34H46Br2N2O4/c1-3-5-7-9-11-13-15-17-23-37-31(25-19-21-27(35)41-25)29-30(33(37)39)32(26-20-22-28(36)42-26)38(34(29)40)24-18-16-14-12-10-8-6-4-2/h19-22H,3-18,23-24H2,1-2H3. The molecule has 0 fully saturated rings. The summed E-state index contributed by atoms with van der Waals surface area (Å²) in [5.41, 5.74) is 2.03. The summed E-state index contributed by atoms with van der Waals surface area (Å²) in [6.07, 6.45) is 18.8. The second kappa shape index (κ2) is 16.7. The first kappa shape index (κ1) is 32.8. The van der Waals surface area contributed by atoms with Crippen LogP contribution in [-0.2, 0) is 9.59 Å². The summed E-state index contributed by atoms with van der Waals surface area (Å²) in [6.45, 7) is 5.57. The maximum absolute atomic E-state index is 14.1. The predicted octanol–water partition coefficient (Wildman–Crippen LogP) is 10.5. The molecule has 0 saturated heterocycles. The van der Waals surface area contributed by atoms with E-state index in [0.29, 0.717) is 56.5 Å². The molecular formula is C34H46Br2N2O4. The van der Waals surface area contributed by atoms with Crippen LogP contribution in [0.5, 0.6) is 0 Å². The van der Waals surface area contributed by atoms with Crippen molar-refractivity contribution in [1.29, 1.82) is 0 Å². The zero-order valence-electron chi connectivity index (χ0n) is 25.3. The van der Waals surface area contributed by atoms with Gasteiger partial charge in [0.25, 0.3) is 11.8 Å². The Hall–Kier alpha value is -2.06. The summed E-state index contributed by atoms with van der Waals surface area (Å²) in [4.78, 5) is 31.8. The lowest BCUT2D eigenvalue weighted by atomic mass is 10.1. The molecule has 0 spiro atoms. The molecule has 0 aromatic carbocycles. The van der Waals surface area contributed by atoms with Crippen LogP contribution in [-0.4, -0.2) is 34.7 Å². The van der Waals surface area contributed by atoms with Crippen molar-refractivity contribution in [2.75, 3.05) is 13.1 Å². The molecule has 6 nitrogen and oxygen atoms in total. The van der Waals surface area contributed by atoms with Crippen molar-refractivity contribution in [1.82, 2.24) is 9.80 Å². The normalized spacial score (nSPS) is 15.2. The Morgan fingerprint density at radius 3 is 1.17 bits per heavy atom. The summed E-state index contributed by atoms with van der Waals surface area (Å²) in [5, 5.41) is 0. The van der Waals surface area contributed by atoms with Crippen molar-refractivity contribution in [3.63, 3.8) is 0 Å². The van der Waals surface area contributed by atoms with Gasteiger partial charge in [0.15, 0.2) is 20.9 Å². The molecule has 4 rings (SSSR count). The van der Waals surface area contributed by atoms with Gasteiger partial charge in [-0.3, -0.25) is 9.59 Å². The van der Waals surface area contributed by atoms with Crippen molar-refractivity contribution in [3.05, 3.63) is 56.3 Å². The highest BCUT2D eigenvalue weighted by molar-refractivity contribution is 9.10. The summed E-state index contributed by atoms with van der Waals surface area (Å²) < 4.78 is 13.1. The largest absolute Gasteiger partial charge is 0.448 e. The molecule has 42 heavy (non-hydrogen) atoms. The number of hydrogen-bond donors (Lipinski definition) is 0. The molecule has 4 heterocycles. The van der Waals surface area contributed by atoms with Gasteiger partial charge < -0.3 is 18.6 Å². The Kier molecular flexibility index (Phi) is 13.1. The number of amides is 2. The zero-order chi connectivity index (χ0) is 29.9. The van der Waals surface area contributed by atoms with Gasteiger partial charge in [0.2, 0.25) is 0 Å². The van der Waals surface area contributed by atoms with Gasteiger partial charge in [-0.1, -0.05) is 104 Å². The molecule has 8 heteroatoms. The average molecular weight is 707 g/mol. The number of furan rings is 2. The third-order valence-electron chi connectivity index (χ3n) is 8.27. The van der Waals surface area contributed by atoms with E-state index in [1.54, 1.807) is 9.80 Å². The molecule has 2 aliphatic rings. The van der Waals surface area contributed by atoms with E-state index < -0.39 is 0 Å². The highest BCUT2D eigenvalue weighted by atomic mass is 79.9. The first-order chi connectivity index (χ1) is 20.5. The van der Waals surface area contributed by atoms with E-state index in [-0.39, 0.29) is 11.8 Å². The topological polar surface area (TPSA) is 66.9 Å². The van der Waals surface area contributed by atoms with Crippen LogP contribution < -0.4 is 0 Å². The Labute approximate surface area is 268 Å². The zero-order valence-corrected chi connectivity index (χ0v) is 28.5. The third-order valence-corrected chi connectivity index (χ3v) is 9.12. The lowest BCUT2D eigenvalue weighted by Crippen LogP contribution is -2.31. The molecule has 2 aromatic heterocycles. The summed E-state index contributed by atoms with van der Waals surface area (Å²) >= 11 is 6.82. The molecule has 0 atom stereocenters. The number of fused-ring (bicyclic) bond motifs is 1. The first-order valence-corrected chi connectivity index (χ1v) is 17.7. The fourth-order valence-electron chi connectivity index (χ4n) is 6.03. The maximum Gasteiger partial charge on any atom is 0.261 e. The fourth-order valence-corrected chi connectivity index (χ4v) is 6.64. The highest BCUT2D eigenvalue weighted by Gasteiger charge is 2.50. The van der Waals surface area contributed by atoms with E-state index >= 15 is 0 Å². The van der Waals surface area contributed by atoms with Crippen LogP contribution >= 0.6 is 31.9 Å². The number of rotatable bonds is 20. The number of carbonyl (C=O) groups is 2. The number of carbonyl (C=O) groups excluding carboxylic acids is 2. The van der Waals surface area contributed by atoms with Crippen molar-refractivity contribution in [2.45, 2.75) is 117 Å². The quantitative estimate of drug-likeness (QED) is 0.129. The lowest BCUT2D eigenvalue weighted by Gasteiger charge is -2.23. The van der Waals surface area contributed by atoms with E-state index in [0.717, 1.165) is 38.5 Å². The number of unbranched alkanes of at least 4 members (excludes halogenated alkanes) is 14. The Balaban J connectivity index is 1.54. The van der Waals surface area contributed by atoms with Crippen molar-refractivity contribution in [2.24, 2.45) is 0 Å². The van der Waals surface area contributed by atoms with E-state index in [1.165, 1.54) is 64.2 Å². The van der Waals surface area contributed by atoms with Gasteiger partial charge in [0.1, 0.15) is 11.4 Å². The van der Waals surface area contributed by atoms with E-state index in [1.807, 2.05) is 24.3 Å². The van der Waals surface area contributed by atoms with Crippen LogP contribution in [0.15, 0.2) is 53.6 Å². The molecule has 2 amide bonds. The molecule has 2 aromatic rings. The Bertz CT molecular complexity index is 1160. The second-order valence-corrected chi connectivity index (χ2v) is 13.1. The van der Waals surface area contributed by atoms with Crippen LogP contribution in [0.25, 0.3) is 11.4 Å². The molecule has 0 N–H and O–H groups in total. The minimum absolute atomic E-state index is 0.148. The van der Waals surface area contributed by atoms with Crippen LogP contribution in [0.4, 0.5) is 0 Å². The molecule has 0 unspecified atom stereocenters. The SMILES string of the molecule is CCCCCCCCCCN1C(=O)C2=C(c3ccc(Br)o3)N(CCCCCCCCCC)C(=O)C2=C1c1ccc(Br)o1. The van der Waals surface area contributed by atoms with Gasteiger partial charge in [0, 0.05) is 13.1 Å². The van der Waals surface area contributed by atoms with Crippen LogP contribution in [0.3, 0.4) is 0 Å². The number of halogens is 2. The van der Waals surface area contributed by atoms with Crippen LogP contribution in [0.1, 0.15) is 128 Å². The molecule has 230 valence electrons. The molecule has 0 radical (unpaired) electrons. The molecule has 0 saturated carbocycles. The summed E-state index contributed by atoms with van der Waals surface area (Å²) in [7, 11) is 0. The lowest BCUT2D eigenvalue weighted by molar-refractivity contribution is -0.124.